The number of nitrogens with zero attached hydrogens (tertiary/aromatic N) is 2. The van der Waals surface area contributed by atoms with E-state index >= 15 is 0 Å². The average molecular weight is 419 g/mol. The molecule has 0 atom stereocenters. The first-order valence-electron chi connectivity index (χ1n) is 11.2. The SMILES string of the molecule is Cc1ccc(C2CCN(CCC3CCN(C(=O)OC(C)(C)C)CC3)CC2)c(S)c1. The van der Waals surface area contributed by atoms with Crippen molar-refractivity contribution < 1.29 is 9.53 Å². The Hall–Kier alpha value is -1.20. The molecule has 1 amide bonds. The van der Waals surface area contributed by atoms with E-state index < -0.39 is 5.60 Å². The summed E-state index contributed by atoms with van der Waals surface area (Å²) in [6.45, 7) is 13.1. The summed E-state index contributed by atoms with van der Waals surface area (Å²) in [7, 11) is 0. The first-order valence-corrected chi connectivity index (χ1v) is 11.7. The van der Waals surface area contributed by atoms with Crippen LogP contribution in [0, 0.1) is 12.8 Å². The summed E-state index contributed by atoms with van der Waals surface area (Å²) in [5.74, 6) is 1.38. The van der Waals surface area contributed by atoms with Gasteiger partial charge in [-0.3, -0.25) is 0 Å². The molecule has 0 aliphatic carbocycles. The molecule has 162 valence electrons. The van der Waals surface area contributed by atoms with Crippen LogP contribution in [-0.4, -0.2) is 54.2 Å². The number of hydrogen-bond donors (Lipinski definition) is 1. The van der Waals surface area contributed by atoms with Gasteiger partial charge in [-0.2, -0.15) is 0 Å². The Labute approximate surface area is 182 Å². The number of thiol groups is 1. The van der Waals surface area contributed by atoms with Crippen molar-refractivity contribution in [2.45, 2.75) is 76.2 Å². The van der Waals surface area contributed by atoms with E-state index in [0.717, 1.165) is 36.7 Å². The topological polar surface area (TPSA) is 32.8 Å². The van der Waals surface area contributed by atoms with Gasteiger partial charge in [0.15, 0.2) is 0 Å². The van der Waals surface area contributed by atoms with Crippen LogP contribution in [0.3, 0.4) is 0 Å². The monoisotopic (exact) mass is 418 g/mol. The summed E-state index contributed by atoms with van der Waals surface area (Å²) in [6.07, 6.45) is 5.75. The van der Waals surface area contributed by atoms with E-state index in [0.29, 0.717) is 5.92 Å². The van der Waals surface area contributed by atoms with E-state index in [9.17, 15) is 4.79 Å². The number of carbonyl (C=O) groups is 1. The first-order chi connectivity index (χ1) is 13.7. The summed E-state index contributed by atoms with van der Waals surface area (Å²) >= 11 is 4.70. The molecule has 3 rings (SSSR count). The molecular formula is C24H38N2O2S. The Kier molecular flexibility index (Phi) is 7.55. The third-order valence-electron chi connectivity index (χ3n) is 6.33. The summed E-state index contributed by atoms with van der Waals surface area (Å²) < 4.78 is 5.50. The number of benzene rings is 1. The van der Waals surface area contributed by atoms with Crippen LogP contribution in [0.15, 0.2) is 23.1 Å². The lowest BCUT2D eigenvalue weighted by molar-refractivity contribution is 0.0177. The molecule has 0 aromatic heterocycles. The molecule has 1 aromatic carbocycles. The lowest BCUT2D eigenvalue weighted by atomic mass is 9.88. The van der Waals surface area contributed by atoms with Crippen LogP contribution in [0.2, 0.25) is 0 Å². The standard InChI is InChI=1S/C24H38N2O2S/c1-18-5-6-21(22(29)17-18)20-10-13-25(14-11-20)12-7-19-8-15-26(16-9-19)23(27)28-24(2,3)4/h5-6,17,19-20,29H,7-16H2,1-4H3. The predicted octanol–water partition coefficient (Wildman–Crippen LogP) is 5.50. The van der Waals surface area contributed by atoms with E-state index in [2.05, 4.69) is 30.0 Å². The van der Waals surface area contributed by atoms with Crippen molar-refractivity contribution in [3.05, 3.63) is 29.3 Å². The fourth-order valence-electron chi connectivity index (χ4n) is 4.56. The fraction of sp³-hybridized carbons (Fsp3) is 0.708. The summed E-state index contributed by atoms with van der Waals surface area (Å²) in [6, 6.07) is 6.68. The second kappa shape index (κ2) is 9.74. The molecule has 1 aromatic rings. The molecular weight excluding hydrogens is 380 g/mol. The minimum Gasteiger partial charge on any atom is -0.444 e. The van der Waals surface area contributed by atoms with Gasteiger partial charge >= 0.3 is 6.09 Å². The van der Waals surface area contributed by atoms with Crippen molar-refractivity contribution in [2.75, 3.05) is 32.7 Å². The minimum absolute atomic E-state index is 0.155. The van der Waals surface area contributed by atoms with Gasteiger partial charge < -0.3 is 14.5 Å². The van der Waals surface area contributed by atoms with Crippen LogP contribution >= 0.6 is 12.6 Å². The van der Waals surface area contributed by atoms with Gasteiger partial charge in [0.1, 0.15) is 5.60 Å². The highest BCUT2D eigenvalue weighted by molar-refractivity contribution is 7.80. The van der Waals surface area contributed by atoms with Crippen molar-refractivity contribution in [3.63, 3.8) is 0 Å². The molecule has 4 nitrogen and oxygen atoms in total. The maximum absolute atomic E-state index is 12.2. The van der Waals surface area contributed by atoms with Crippen molar-refractivity contribution in [3.8, 4) is 0 Å². The van der Waals surface area contributed by atoms with E-state index in [4.69, 9.17) is 17.4 Å². The normalized spacial score (nSPS) is 20.1. The highest BCUT2D eigenvalue weighted by Crippen LogP contribution is 2.33. The minimum atomic E-state index is -0.410. The van der Waals surface area contributed by atoms with Crippen molar-refractivity contribution in [1.82, 2.24) is 9.80 Å². The highest BCUT2D eigenvalue weighted by Gasteiger charge is 2.28. The molecule has 2 heterocycles. The zero-order valence-electron chi connectivity index (χ0n) is 18.6. The van der Waals surface area contributed by atoms with Gasteiger partial charge in [-0.05, 0) is 103 Å². The van der Waals surface area contributed by atoms with Crippen LogP contribution in [0.1, 0.15) is 69.9 Å². The third-order valence-corrected chi connectivity index (χ3v) is 6.72. The lowest BCUT2D eigenvalue weighted by Gasteiger charge is -2.36. The molecule has 0 unspecified atom stereocenters. The number of piperidine rings is 2. The second-order valence-electron chi connectivity index (χ2n) is 9.88. The molecule has 2 aliphatic heterocycles. The Morgan fingerprint density at radius 2 is 1.76 bits per heavy atom. The predicted molar refractivity (Wildman–Crippen MR) is 122 cm³/mol. The number of hydrogen-bond acceptors (Lipinski definition) is 4. The van der Waals surface area contributed by atoms with Gasteiger partial charge in [0.2, 0.25) is 0 Å². The molecule has 0 radical (unpaired) electrons. The van der Waals surface area contributed by atoms with Gasteiger partial charge in [-0.25, -0.2) is 4.79 Å². The van der Waals surface area contributed by atoms with Gasteiger partial charge in [0.05, 0.1) is 0 Å². The van der Waals surface area contributed by atoms with Crippen LogP contribution in [0.25, 0.3) is 0 Å². The Balaban J connectivity index is 1.36. The van der Waals surface area contributed by atoms with E-state index in [1.54, 1.807) is 0 Å². The maximum atomic E-state index is 12.2. The van der Waals surface area contributed by atoms with Crippen molar-refractivity contribution in [1.29, 1.82) is 0 Å². The number of likely N-dealkylation sites (tertiary alicyclic amines) is 2. The van der Waals surface area contributed by atoms with Crippen LogP contribution < -0.4 is 0 Å². The van der Waals surface area contributed by atoms with Gasteiger partial charge in [0, 0.05) is 18.0 Å². The molecule has 2 saturated heterocycles. The smallest absolute Gasteiger partial charge is 0.410 e. The molecule has 0 saturated carbocycles. The first kappa shape index (κ1) is 22.5. The quantitative estimate of drug-likeness (QED) is 0.655. The van der Waals surface area contributed by atoms with E-state index in [-0.39, 0.29) is 6.09 Å². The lowest BCUT2D eigenvalue weighted by Crippen LogP contribution is -2.42. The molecule has 2 fully saturated rings. The number of ether oxygens (including phenoxy) is 1. The third kappa shape index (κ3) is 6.65. The van der Waals surface area contributed by atoms with Crippen LogP contribution in [-0.2, 0) is 4.74 Å². The van der Waals surface area contributed by atoms with Gasteiger partial charge in [0.25, 0.3) is 0 Å². The van der Waals surface area contributed by atoms with E-state index in [1.165, 1.54) is 50.0 Å². The molecule has 0 bridgehead atoms. The zero-order valence-corrected chi connectivity index (χ0v) is 19.5. The number of carbonyl (C=O) groups excluding carboxylic acids is 1. The van der Waals surface area contributed by atoms with Crippen molar-refractivity contribution >= 4 is 18.7 Å². The summed E-state index contributed by atoms with van der Waals surface area (Å²) in [5.41, 5.74) is 2.30. The van der Waals surface area contributed by atoms with Gasteiger partial charge in [-0.1, -0.05) is 17.7 Å². The molecule has 0 spiro atoms. The maximum Gasteiger partial charge on any atom is 0.410 e. The zero-order chi connectivity index (χ0) is 21.0. The Morgan fingerprint density at radius 3 is 2.34 bits per heavy atom. The number of amides is 1. The number of rotatable bonds is 4. The highest BCUT2D eigenvalue weighted by atomic mass is 32.1. The molecule has 29 heavy (non-hydrogen) atoms. The molecule has 2 aliphatic rings. The largest absolute Gasteiger partial charge is 0.444 e. The van der Waals surface area contributed by atoms with Gasteiger partial charge in [-0.15, -0.1) is 12.6 Å². The fourth-order valence-corrected chi connectivity index (χ4v) is 5.02. The van der Waals surface area contributed by atoms with Crippen LogP contribution in [0.5, 0.6) is 0 Å². The Morgan fingerprint density at radius 1 is 1.10 bits per heavy atom. The molecule has 0 N–H and O–H groups in total. The summed E-state index contributed by atoms with van der Waals surface area (Å²) in [5, 5.41) is 0. The van der Waals surface area contributed by atoms with Crippen molar-refractivity contribution in [2.24, 2.45) is 5.92 Å². The van der Waals surface area contributed by atoms with Crippen LogP contribution in [0.4, 0.5) is 4.79 Å². The number of aryl methyl sites for hydroxylation is 1. The molecule has 5 heteroatoms. The second-order valence-corrected chi connectivity index (χ2v) is 10.4. The summed E-state index contributed by atoms with van der Waals surface area (Å²) in [4.78, 5) is 17.9. The van der Waals surface area contributed by atoms with E-state index in [1.807, 2.05) is 25.7 Å². The Bertz CT molecular complexity index is 685. The average Bonchev–Trinajstić information content (AvgIpc) is 2.66.